The van der Waals surface area contributed by atoms with Crippen molar-refractivity contribution in [1.82, 2.24) is 4.98 Å². The van der Waals surface area contributed by atoms with Crippen LogP contribution in [-0.2, 0) is 0 Å². The number of rotatable bonds is 1. The Balaban J connectivity index is 3.23. The molecule has 0 spiro atoms. The van der Waals surface area contributed by atoms with E-state index in [4.69, 9.17) is 15.7 Å². The molecule has 0 aliphatic carbocycles. The van der Waals surface area contributed by atoms with Crippen molar-refractivity contribution in [3.63, 3.8) is 0 Å². The Hall–Kier alpha value is -1.76. The number of nitriles is 1. The third-order valence-corrected chi connectivity index (χ3v) is 1.27. The van der Waals surface area contributed by atoms with Crippen LogP contribution in [0.15, 0.2) is 12.3 Å². The molecular weight excluding hydrogens is 142 g/mol. The second-order valence-corrected chi connectivity index (χ2v) is 1.89. The van der Waals surface area contributed by atoms with Crippen LogP contribution < -0.4 is 10.5 Å². The number of pyridine rings is 1. The molecule has 0 aliphatic heterocycles. The zero-order valence-corrected chi connectivity index (χ0v) is 6.03. The monoisotopic (exact) mass is 149 g/mol. The fourth-order valence-electron chi connectivity index (χ4n) is 0.714. The highest BCUT2D eigenvalue weighted by Crippen LogP contribution is 2.20. The fourth-order valence-corrected chi connectivity index (χ4v) is 0.714. The smallest absolute Gasteiger partial charge is 0.238 e. The van der Waals surface area contributed by atoms with Gasteiger partial charge in [-0.15, -0.1) is 0 Å². The van der Waals surface area contributed by atoms with Crippen LogP contribution in [0.1, 0.15) is 5.56 Å². The van der Waals surface area contributed by atoms with Gasteiger partial charge in [0.2, 0.25) is 5.88 Å². The standard InChI is InChI=1S/C7H7N3O/c1-11-7-6(9)5(4-8)2-3-10-7/h2-3H,9H2,1H3. The molecule has 1 aromatic rings. The molecule has 0 fully saturated rings. The molecule has 0 aromatic carbocycles. The maximum Gasteiger partial charge on any atom is 0.238 e. The summed E-state index contributed by atoms with van der Waals surface area (Å²) in [5, 5.41) is 8.53. The van der Waals surface area contributed by atoms with Gasteiger partial charge in [-0.25, -0.2) is 4.98 Å². The SMILES string of the molecule is COc1nccc(C#N)c1N. The Labute approximate surface area is 64.2 Å². The van der Waals surface area contributed by atoms with Crippen molar-refractivity contribution in [3.8, 4) is 11.9 Å². The highest BCUT2D eigenvalue weighted by molar-refractivity contribution is 5.59. The zero-order valence-electron chi connectivity index (χ0n) is 6.03. The van der Waals surface area contributed by atoms with Crippen molar-refractivity contribution in [3.05, 3.63) is 17.8 Å². The molecule has 4 nitrogen and oxygen atoms in total. The molecule has 2 N–H and O–H groups in total. The minimum absolute atomic E-state index is 0.289. The Bertz CT molecular complexity index is 303. The van der Waals surface area contributed by atoms with E-state index < -0.39 is 0 Å². The normalized spacial score (nSPS) is 8.73. The molecule has 0 saturated carbocycles. The van der Waals surface area contributed by atoms with Crippen molar-refractivity contribution in [1.29, 1.82) is 5.26 Å². The number of anilines is 1. The second-order valence-electron chi connectivity index (χ2n) is 1.89. The van der Waals surface area contributed by atoms with E-state index in [1.165, 1.54) is 19.4 Å². The number of nitrogens with zero attached hydrogens (tertiary/aromatic N) is 2. The number of hydrogen-bond donors (Lipinski definition) is 1. The molecular formula is C7H7N3O. The molecule has 0 bridgehead atoms. The lowest BCUT2D eigenvalue weighted by molar-refractivity contribution is 0.400. The summed E-state index contributed by atoms with van der Waals surface area (Å²) in [6.07, 6.45) is 1.48. The molecule has 0 saturated heterocycles. The van der Waals surface area contributed by atoms with Crippen LogP contribution >= 0.6 is 0 Å². The predicted molar refractivity (Wildman–Crippen MR) is 39.9 cm³/mol. The molecule has 1 aromatic heterocycles. The van der Waals surface area contributed by atoms with Gasteiger partial charge in [0.15, 0.2) is 0 Å². The van der Waals surface area contributed by atoms with Crippen molar-refractivity contribution in [2.45, 2.75) is 0 Å². The van der Waals surface area contributed by atoms with Crippen LogP contribution in [0, 0.1) is 11.3 Å². The molecule has 4 heteroatoms. The third-order valence-electron chi connectivity index (χ3n) is 1.27. The lowest BCUT2D eigenvalue weighted by Gasteiger charge is -2.01. The maximum atomic E-state index is 8.53. The van der Waals surface area contributed by atoms with Gasteiger partial charge in [0.25, 0.3) is 0 Å². The lowest BCUT2D eigenvalue weighted by atomic mass is 10.2. The zero-order chi connectivity index (χ0) is 8.27. The Kier molecular flexibility index (Phi) is 1.93. The van der Waals surface area contributed by atoms with Crippen LogP contribution in [0.25, 0.3) is 0 Å². The van der Waals surface area contributed by atoms with E-state index in [9.17, 15) is 0 Å². The predicted octanol–water partition coefficient (Wildman–Crippen LogP) is 0.544. The molecule has 11 heavy (non-hydrogen) atoms. The van der Waals surface area contributed by atoms with Gasteiger partial charge in [-0.2, -0.15) is 5.26 Å². The number of methoxy groups -OCH3 is 1. The largest absolute Gasteiger partial charge is 0.479 e. The van der Waals surface area contributed by atoms with Gasteiger partial charge >= 0.3 is 0 Å². The van der Waals surface area contributed by atoms with Crippen LogP contribution in [0.3, 0.4) is 0 Å². The fraction of sp³-hybridized carbons (Fsp3) is 0.143. The second kappa shape index (κ2) is 2.88. The van der Waals surface area contributed by atoms with Gasteiger partial charge in [0.05, 0.1) is 12.7 Å². The van der Waals surface area contributed by atoms with E-state index in [-0.39, 0.29) is 5.69 Å². The van der Waals surface area contributed by atoms with Gasteiger partial charge < -0.3 is 10.5 Å². The van der Waals surface area contributed by atoms with Crippen molar-refractivity contribution in [2.24, 2.45) is 0 Å². The maximum absolute atomic E-state index is 8.53. The summed E-state index contributed by atoms with van der Waals surface area (Å²) >= 11 is 0. The molecule has 1 rings (SSSR count). The quantitative estimate of drug-likeness (QED) is 0.632. The summed E-state index contributed by atoms with van der Waals surface area (Å²) in [6, 6.07) is 3.46. The number of aromatic nitrogens is 1. The van der Waals surface area contributed by atoms with E-state index in [0.717, 1.165) is 0 Å². The molecule has 1 heterocycles. The van der Waals surface area contributed by atoms with E-state index in [1.807, 2.05) is 6.07 Å². The molecule has 0 radical (unpaired) electrons. The Morgan fingerprint density at radius 3 is 3.00 bits per heavy atom. The van der Waals surface area contributed by atoms with E-state index in [0.29, 0.717) is 11.4 Å². The van der Waals surface area contributed by atoms with E-state index in [1.54, 1.807) is 0 Å². The summed E-state index contributed by atoms with van der Waals surface area (Å²) < 4.78 is 4.80. The minimum Gasteiger partial charge on any atom is -0.479 e. The van der Waals surface area contributed by atoms with Crippen LogP contribution in [-0.4, -0.2) is 12.1 Å². The number of nitrogen functional groups attached to an aromatic ring is 1. The molecule has 0 amide bonds. The van der Waals surface area contributed by atoms with Crippen LogP contribution in [0.5, 0.6) is 5.88 Å². The van der Waals surface area contributed by atoms with Gasteiger partial charge in [-0.3, -0.25) is 0 Å². The Morgan fingerprint density at radius 2 is 2.45 bits per heavy atom. The summed E-state index contributed by atoms with van der Waals surface area (Å²) in [5.74, 6) is 0.295. The summed E-state index contributed by atoms with van der Waals surface area (Å²) in [5.41, 5.74) is 6.17. The average molecular weight is 149 g/mol. The van der Waals surface area contributed by atoms with Gasteiger partial charge in [-0.1, -0.05) is 0 Å². The first-order valence-corrected chi connectivity index (χ1v) is 2.98. The van der Waals surface area contributed by atoms with Gasteiger partial charge in [-0.05, 0) is 6.07 Å². The Morgan fingerprint density at radius 1 is 1.73 bits per heavy atom. The first-order valence-electron chi connectivity index (χ1n) is 2.98. The van der Waals surface area contributed by atoms with Crippen LogP contribution in [0.4, 0.5) is 5.69 Å². The lowest BCUT2D eigenvalue weighted by Crippen LogP contribution is -1.97. The summed E-state index contributed by atoms with van der Waals surface area (Å²) in [7, 11) is 1.46. The third kappa shape index (κ3) is 1.22. The van der Waals surface area contributed by atoms with Crippen molar-refractivity contribution in [2.75, 3.05) is 12.8 Å². The van der Waals surface area contributed by atoms with E-state index >= 15 is 0 Å². The number of hydrogen-bond acceptors (Lipinski definition) is 4. The van der Waals surface area contributed by atoms with Crippen LogP contribution in [0.2, 0.25) is 0 Å². The molecule has 0 unspecified atom stereocenters. The first kappa shape index (κ1) is 7.35. The number of nitrogens with two attached hydrogens (primary N) is 1. The van der Waals surface area contributed by atoms with Crippen molar-refractivity contribution < 1.29 is 4.74 Å². The van der Waals surface area contributed by atoms with Gasteiger partial charge in [0.1, 0.15) is 11.8 Å². The average Bonchev–Trinajstić information content (AvgIpc) is 2.05. The van der Waals surface area contributed by atoms with Crippen molar-refractivity contribution >= 4 is 5.69 Å². The molecule has 0 aliphatic rings. The summed E-state index contributed by atoms with van der Waals surface area (Å²) in [6.45, 7) is 0. The topological polar surface area (TPSA) is 71.9 Å². The molecule has 56 valence electrons. The minimum atomic E-state index is 0.289. The highest BCUT2D eigenvalue weighted by Gasteiger charge is 2.04. The first-order chi connectivity index (χ1) is 5.29. The molecule has 0 atom stereocenters. The summed E-state index contributed by atoms with van der Waals surface area (Å²) in [4.78, 5) is 3.81. The van der Waals surface area contributed by atoms with E-state index in [2.05, 4.69) is 4.98 Å². The van der Waals surface area contributed by atoms with Gasteiger partial charge in [0, 0.05) is 6.20 Å². The highest BCUT2D eigenvalue weighted by atomic mass is 16.5. The number of ether oxygens (including phenoxy) is 1.